The van der Waals surface area contributed by atoms with E-state index in [9.17, 15) is 4.79 Å². The van der Waals surface area contributed by atoms with E-state index in [0.717, 1.165) is 18.3 Å². The van der Waals surface area contributed by atoms with Crippen LogP contribution in [0.15, 0.2) is 48.5 Å². The zero-order valence-corrected chi connectivity index (χ0v) is 17.7. The normalized spacial score (nSPS) is 15.5. The third-order valence-corrected chi connectivity index (χ3v) is 5.69. The fourth-order valence-corrected chi connectivity index (χ4v) is 4.11. The molecular formula is C24H34N3O2+. The molecule has 5 heteroatoms. The van der Waals surface area contributed by atoms with Gasteiger partial charge in [-0.2, -0.15) is 0 Å². The molecule has 0 aromatic heterocycles. The van der Waals surface area contributed by atoms with Crippen molar-refractivity contribution >= 4 is 17.3 Å². The lowest BCUT2D eigenvalue weighted by atomic mass is 9.94. The van der Waals surface area contributed by atoms with Gasteiger partial charge in [-0.05, 0) is 50.8 Å². The molecule has 156 valence electrons. The van der Waals surface area contributed by atoms with Crippen molar-refractivity contribution in [2.24, 2.45) is 0 Å². The Morgan fingerprint density at radius 3 is 2.48 bits per heavy atom. The van der Waals surface area contributed by atoms with E-state index in [-0.39, 0.29) is 12.5 Å². The number of hydrogen-bond donors (Lipinski definition) is 3. The quantitative estimate of drug-likeness (QED) is 0.608. The van der Waals surface area contributed by atoms with Crippen LogP contribution in [-0.2, 0) is 11.3 Å². The van der Waals surface area contributed by atoms with Gasteiger partial charge < -0.3 is 20.3 Å². The fourth-order valence-electron chi connectivity index (χ4n) is 4.11. The lowest BCUT2D eigenvalue weighted by Gasteiger charge is -2.28. The van der Waals surface area contributed by atoms with Crippen molar-refractivity contribution in [1.82, 2.24) is 0 Å². The SMILES string of the molecule is CCOc1ccccc1NC(=O)CNc1ccccc1C[NH+](C)C1CCCCC1. The van der Waals surface area contributed by atoms with Crippen LogP contribution in [0.25, 0.3) is 0 Å². The molecule has 0 bridgehead atoms. The molecule has 1 aliphatic rings. The van der Waals surface area contributed by atoms with E-state index in [1.54, 1.807) is 4.90 Å². The molecule has 1 unspecified atom stereocenters. The fraction of sp³-hybridized carbons (Fsp3) is 0.458. The molecule has 2 aromatic carbocycles. The summed E-state index contributed by atoms with van der Waals surface area (Å²) in [7, 11) is 2.30. The van der Waals surface area contributed by atoms with E-state index in [4.69, 9.17) is 4.74 Å². The second-order valence-corrected chi connectivity index (χ2v) is 7.85. The number of benzene rings is 2. The maximum Gasteiger partial charge on any atom is 0.243 e. The monoisotopic (exact) mass is 396 g/mol. The highest BCUT2D eigenvalue weighted by Gasteiger charge is 2.22. The van der Waals surface area contributed by atoms with E-state index in [1.807, 2.05) is 37.3 Å². The van der Waals surface area contributed by atoms with Crippen LogP contribution in [0, 0.1) is 0 Å². The van der Waals surface area contributed by atoms with Crippen molar-refractivity contribution in [2.75, 3.05) is 30.8 Å². The number of anilines is 2. The Hall–Kier alpha value is -2.53. The average molecular weight is 397 g/mol. The van der Waals surface area contributed by atoms with Gasteiger partial charge in [-0.15, -0.1) is 0 Å². The summed E-state index contributed by atoms with van der Waals surface area (Å²) in [4.78, 5) is 14.1. The van der Waals surface area contributed by atoms with Gasteiger partial charge in [0.15, 0.2) is 0 Å². The molecule has 1 aliphatic carbocycles. The van der Waals surface area contributed by atoms with Gasteiger partial charge in [-0.1, -0.05) is 36.8 Å². The smallest absolute Gasteiger partial charge is 0.243 e. The first-order valence-corrected chi connectivity index (χ1v) is 10.8. The van der Waals surface area contributed by atoms with Crippen LogP contribution < -0.4 is 20.3 Å². The van der Waals surface area contributed by atoms with E-state index in [0.29, 0.717) is 18.0 Å². The average Bonchev–Trinajstić information content (AvgIpc) is 2.75. The van der Waals surface area contributed by atoms with Crippen molar-refractivity contribution < 1.29 is 14.4 Å². The second kappa shape index (κ2) is 10.9. The van der Waals surface area contributed by atoms with Crippen molar-refractivity contribution in [1.29, 1.82) is 0 Å². The summed E-state index contributed by atoms with van der Waals surface area (Å²) in [6, 6.07) is 16.6. The highest BCUT2D eigenvalue weighted by molar-refractivity contribution is 5.95. The largest absolute Gasteiger partial charge is 0.492 e. The van der Waals surface area contributed by atoms with Gasteiger partial charge in [-0.3, -0.25) is 4.79 Å². The number of quaternary nitrogens is 1. The molecule has 1 atom stereocenters. The molecule has 1 amide bonds. The molecule has 1 saturated carbocycles. The number of nitrogens with one attached hydrogen (secondary N) is 3. The molecule has 3 rings (SSSR count). The summed E-state index contributed by atoms with van der Waals surface area (Å²) in [5, 5.41) is 6.27. The minimum atomic E-state index is -0.0834. The summed E-state index contributed by atoms with van der Waals surface area (Å²) in [6.45, 7) is 3.70. The Kier molecular flexibility index (Phi) is 7.94. The molecule has 0 heterocycles. The van der Waals surface area contributed by atoms with Crippen molar-refractivity contribution in [3.63, 3.8) is 0 Å². The molecular weight excluding hydrogens is 362 g/mol. The minimum Gasteiger partial charge on any atom is -0.492 e. The zero-order valence-electron chi connectivity index (χ0n) is 17.7. The number of carbonyl (C=O) groups is 1. The Morgan fingerprint density at radius 2 is 1.72 bits per heavy atom. The van der Waals surface area contributed by atoms with Crippen LogP contribution in [0.2, 0.25) is 0 Å². The zero-order chi connectivity index (χ0) is 20.5. The standard InChI is InChI=1S/C24H33N3O2/c1-3-29-23-16-10-9-15-22(23)26-24(28)17-25-21-14-8-7-11-19(21)18-27(2)20-12-5-4-6-13-20/h7-11,14-16,20,25H,3-6,12-13,17-18H2,1-2H3,(H,26,28)/p+1. The molecule has 0 saturated heterocycles. The topological polar surface area (TPSA) is 54.8 Å². The van der Waals surface area contributed by atoms with Crippen LogP contribution in [0.4, 0.5) is 11.4 Å². The van der Waals surface area contributed by atoms with Crippen LogP contribution in [0.1, 0.15) is 44.6 Å². The van der Waals surface area contributed by atoms with Crippen molar-refractivity contribution in [2.45, 2.75) is 51.6 Å². The first-order chi connectivity index (χ1) is 14.2. The molecule has 0 radical (unpaired) electrons. The lowest BCUT2D eigenvalue weighted by molar-refractivity contribution is -0.921. The number of para-hydroxylation sites is 3. The third kappa shape index (κ3) is 6.23. The van der Waals surface area contributed by atoms with Crippen LogP contribution >= 0.6 is 0 Å². The Bertz CT molecular complexity index is 787. The first-order valence-electron chi connectivity index (χ1n) is 10.8. The molecule has 5 nitrogen and oxygen atoms in total. The molecule has 0 spiro atoms. The van der Waals surface area contributed by atoms with Crippen molar-refractivity contribution in [3.05, 3.63) is 54.1 Å². The van der Waals surface area contributed by atoms with Gasteiger partial charge >= 0.3 is 0 Å². The van der Waals surface area contributed by atoms with E-state index < -0.39 is 0 Å². The third-order valence-electron chi connectivity index (χ3n) is 5.69. The van der Waals surface area contributed by atoms with Gasteiger partial charge in [0.1, 0.15) is 12.3 Å². The Labute approximate surface area is 174 Å². The maximum atomic E-state index is 12.5. The van der Waals surface area contributed by atoms with Gasteiger partial charge in [0, 0.05) is 11.3 Å². The minimum absolute atomic E-state index is 0.0834. The van der Waals surface area contributed by atoms with Gasteiger partial charge in [0.25, 0.3) is 0 Å². The Morgan fingerprint density at radius 1 is 1.03 bits per heavy atom. The van der Waals surface area contributed by atoms with Crippen LogP contribution in [0.5, 0.6) is 5.75 Å². The van der Waals surface area contributed by atoms with E-state index in [1.165, 1.54) is 37.7 Å². The second-order valence-electron chi connectivity index (χ2n) is 7.85. The highest BCUT2D eigenvalue weighted by Crippen LogP contribution is 2.23. The number of rotatable bonds is 9. The highest BCUT2D eigenvalue weighted by atomic mass is 16.5. The number of amides is 1. The van der Waals surface area contributed by atoms with Crippen LogP contribution in [0.3, 0.4) is 0 Å². The molecule has 1 fully saturated rings. The van der Waals surface area contributed by atoms with E-state index >= 15 is 0 Å². The molecule has 3 N–H and O–H groups in total. The molecule has 0 aliphatic heterocycles. The predicted molar refractivity (Wildman–Crippen MR) is 119 cm³/mol. The van der Waals surface area contributed by atoms with Gasteiger partial charge in [0.2, 0.25) is 5.91 Å². The number of hydrogen-bond acceptors (Lipinski definition) is 3. The Balaban J connectivity index is 1.57. The summed E-state index contributed by atoms with van der Waals surface area (Å²) in [5.41, 5.74) is 3.00. The first kappa shape index (κ1) is 21.2. The lowest BCUT2D eigenvalue weighted by Crippen LogP contribution is -3.11. The maximum absolute atomic E-state index is 12.5. The van der Waals surface area contributed by atoms with Gasteiger partial charge in [-0.25, -0.2) is 0 Å². The predicted octanol–water partition coefficient (Wildman–Crippen LogP) is 3.48. The summed E-state index contributed by atoms with van der Waals surface area (Å²) >= 11 is 0. The molecule has 29 heavy (non-hydrogen) atoms. The summed E-state index contributed by atoms with van der Waals surface area (Å²) < 4.78 is 5.58. The number of carbonyl (C=O) groups excluding carboxylic acids is 1. The number of ether oxygens (including phenoxy) is 1. The van der Waals surface area contributed by atoms with Gasteiger partial charge in [0.05, 0.1) is 31.9 Å². The van der Waals surface area contributed by atoms with E-state index in [2.05, 4.69) is 35.9 Å². The summed E-state index contributed by atoms with van der Waals surface area (Å²) in [5.74, 6) is 0.612. The summed E-state index contributed by atoms with van der Waals surface area (Å²) in [6.07, 6.45) is 6.73. The molecule has 2 aromatic rings. The van der Waals surface area contributed by atoms with Crippen LogP contribution in [-0.4, -0.2) is 32.1 Å². The van der Waals surface area contributed by atoms with Crippen molar-refractivity contribution in [3.8, 4) is 5.75 Å².